The van der Waals surface area contributed by atoms with Crippen LogP contribution in [-0.2, 0) is 10.0 Å². The van der Waals surface area contributed by atoms with E-state index >= 15 is 0 Å². The Labute approximate surface area is 115 Å². The number of nitrogens with one attached hydrogen (secondary N) is 1. The van der Waals surface area contributed by atoms with Crippen LogP contribution in [-0.4, -0.2) is 27.4 Å². The second-order valence-electron chi connectivity index (χ2n) is 4.16. The standard InChI is InChI=1S/C11H15F3N2O3S/c1-8(15)6-7-16-20(17,18)10-5-3-2-4-9(10)19-11(12,13)14/h2-5,8,16H,6-7,15H2,1H3. The number of hydrogen-bond acceptors (Lipinski definition) is 4. The molecule has 0 fully saturated rings. The van der Waals surface area contributed by atoms with Gasteiger partial charge in [0.1, 0.15) is 10.6 Å². The number of para-hydroxylation sites is 1. The first-order valence-electron chi connectivity index (χ1n) is 5.72. The van der Waals surface area contributed by atoms with Crippen molar-refractivity contribution in [1.29, 1.82) is 0 Å². The molecule has 0 aliphatic carbocycles. The first kappa shape index (κ1) is 16.7. The van der Waals surface area contributed by atoms with Crippen LogP contribution < -0.4 is 15.2 Å². The van der Waals surface area contributed by atoms with Gasteiger partial charge in [0.05, 0.1) is 0 Å². The predicted octanol–water partition coefficient (Wildman–Crippen LogP) is 1.60. The Morgan fingerprint density at radius 1 is 1.35 bits per heavy atom. The van der Waals surface area contributed by atoms with Crippen molar-refractivity contribution in [3.05, 3.63) is 24.3 Å². The first-order valence-corrected chi connectivity index (χ1v) is 7.20. The van der Waals surface area contributed by atoms with Crippen molar-refractivity contribution in [2.75, 3.05) is 6.54 Å². The minimum Gasteiger partial charge on any atom is -0.404 e. The molecule has 0 saturated carbocycles. The molecule has 0 heterocycles. The highest BCUT2D eigenvalue weighted by atomic mass is 32.2. The SMILES string of the molecule is CC(N)CCNS(=O)(=O)c1ccccc1OC(F)(F)F. The largest absolute Gasteiger partial charge is 0.573 e. The Bertz CT molecular complexity index is 544. The van der Waals surface area contributed by atoms with Gasteiger partial charge in [-0.15, -0.1) is 13.2 Å². The van der Waals surface area contributed by atoms with E-state index in [-0.39, 0.29) is 12.6 Å². The summed E-state index contributed by atoms with van der Waals surface area (Å²) >= 11 is 0. The number of hydrogen-bond donors (Lipinski definition) is 2. The Morgan fingerprint density at radius 3 is 2.50 bits per heavy atom. The lowest BCUT2D eigenvalue weighted by molar-refractivity contribution is -0.275. The molecular formula is C11H15F3N2O3S. The van der Waals surface area contributed by atoms with E-state index in [4.69, 9.17) is 5.73 Å². The molecule has 0 saturated heterocycles. The fourth-order valence-electron chi connectivity index (χ4n) is 1.38. The maximum Gasteiger partial charge on any atom is 0.573 e. The molecule has 1 unspecified atom stereocenters. The van der Waals surface area contributed by atoms with Gasteiger partial charge in [0.15, 0.2) is 0 Å². The summed E-state index contributed by atoms with van der Waals surface area (Å²) in [4.78, 5) is -0.568. The maximum atomic E-state index is 12.2. The lowest BCUT2D eigenvalue weighted by Crippen LogP contribution is -2.30. The predicted molar refractivity (Wildman–Crippen MR) is 66.6 cm³/mol. The molecule has 9 heteroatoms. The lowest BCUT2D eigenvalue weighted by atomic mass is 10.3. The van der Waals surface area contributed by atoms with Crippen molar-refractivity contribution < 1.29 is 26.3 Å². The van der Waals surface area contributed by atoms with Crippen LogP contribution >= 0.6 is 0 Å². The van der Waals surface area contributed by atoms with Crippen LogP contribution in [0.4, 0.5) is 13.2 Å². The van der Waals surface area contributed by atoms with Crippen LogP contribution in [0.15, 0.2) is 29.2 Å². The molecule has 0 aliphatic rings. The minimum atomic E-state index is -4.96. The minimum absolute atomic E-state index is 0.0281. The van der Waals surface area contributed by atoms with Crippen LogP contribution in [0, 0.1) is 0 Å². The average Bonchev–Trinajstić information content (AvgIpc) is 2.26. The third-order valence-corrected chi connectivity index (χ3v) is 3.76. The maximum absolute atomic E-state index is 12.2. The zero-order chi connectivity index (χ0) is 15.4. The molecule has 3 N–H and O–H groups in total. The molecule has 0 aliphatic heterocycles. The third-order valence-electron chi connectivity index (χ3n) is 2.26. The molecule has 0 bridgehead atoms. The van der Waals surface area contributed by atoms with E-state index in [9.17, 15) is 21.6 Å². The second-order valence-corrected chi connectivity index (χ2v) is 5.89. The van der Waals surface area contributed by atoms with Crippen LogP contribution in [0.25, 0.3) is 0 Å². The topological polar surface area (TPSA) is 81.4 Å². The molecular weight excluding hydrogens is 297 g/mol. The van der Waals surface area contributed by atoms with E-state index < -0.39 is 27.0 Å². The molecule has 0 spiro atoms. The normalized spacial score (nSPS) is 14.1. The number of rotatable bonds is 6. The highest BCUT2D eigenvalue weighted by Gasteiger charge is 2.33. The third kappa shape index (κ3) is 5.35. The summed E-state index contributed by atoms with van der Waals surface area (Å²) in [7, 11) is -4.09. The van der Waals surface area contributed by atoms with Gasteiger partial charge < -0.3 is 10.5 Å². The van der Waals surface area contributed by atoms with Gasteiger partial charge in [-0.25, -0.2) is 13.1 Å². The second kappa shape index (κ2) is 6.42. The Kier molecular flexibility index (Phi) is 5.37. The van der Waals surface area contributed by atoms with Crippen molar-refractivity contribution in [2.45, 2.75) is 30.6 Å². The summed E-state index contributed by atoms with van der Waals surface area (Å²) in [6, 6.07) is 4.31. The van der Waals surface area contributed by atoms with Crippen LogP contribution in [0.2, 0.25) is 0 Å². The van der Waals surface area contributed by atoms with Crippen molar-refractivity contribution in [2.24, 2.45) is 5.73 Å². The molecule has 1 aromatic carbocycles. The molecule has 1 aromatic rings. The van der Waals surface area contributed by atoms with Crippen molar-refractivity contribution in [3.8, 4) is 5.75 Å². The first-order chi connectivity index (χ1) is 9.12. The van der Waals surface area contributed by atoms with E-state index in [0.29, 0.717) is 6.42 Å². The molecule has 5 nitrogen and oxygen atoms in total. The Hall–Kier alpha value is -1.32. The quantitative estimate of drug-likeness (QED) is 0.836. The van der Waals surface area contributed by atoms with Gasteiger partial charge in [-0.1, -0.05) is 12.1 Å². The Balaban J connectivity index is 2.94. The van der Waals surface area contributed by atoms with Crippen LogP contribution in [0.1, 0.15) is 13.3 Å². The molecule has 114 valence electrons. The van der Waals surface area contributed by atoms with Gasteiger partial charge in [0, 0.05) is 12.6 Å². The summed E-state index contributed by atoms with van der Waals surface area (Å²) in [5, 5.41) is 0. The van der Waals surface area contributed by atoms with Crippen molar-refractivity contribution >= 4 is 10.0 Å². The lowest BCUT2D eigenvalue weighted by Gasteiger charge is -2.14. The number of benzene rings is 1. The zero-order valence-corrected chi connectivity index (χ0v) is 11.5. The van der Waals surface area contributed by atoms with Crippen LogP contribution in [0.3, 0.4) is 0 Å². The zero-order valence-electron chi connectivity index (χ0n) is 10.6. The fourth-order valence-corrected chi connectivity index (χ4v) is 2.55. The smallest absolute Gasteiger partial charge is 0.404 e. The molecule has 0 amide bonds. The number of ether oxygens (including phenoxy) is 1. The monoisotopic (exact) mass is 312 g/mol. The van der Waals surface area contributed by atoms with E-state index in [1.807, 2.05) is 0 Å². The van der Waals surface area contributed by atoms with E-state index in [2.05, 4.69) is 9.46 Å². The Morgan fingerprint density at radius 2 is 1.95 bits per heavy atom. The number of sulfonamides is 1. The number of halogens is 3. The van der Waals surface area contributed by atoms with Gasteiger partial charge in [0.2, 0.25) is 10.0 Å². The van der Waals surface area contributed by atoms with Gasteiger partial charge in [-0.2, -0.15) is 0 Å². The molecule has 0 aromatic heterocycles. The summed E-state index contributed by atoms with van der Waals surface area (Å²) in [5.74, 6) is -0.770. The van der Waals surface area contributed by atoms with Crippen molar-refractivity contribution in [3.63, 3.8) is 0 Å². The number of alkyl halides is 3. The average molecular weight is 312 g/mol. The summed E-state index contributed by atoms with van der Waals surface area (Å²) < 4.78 is 66.4. The van der Waals surface area contributed by atoms with Gasteiger partial charge in [0.25, 0.3) is 0 Å². The summed E-state index contributed by atoms with van der Waals surface area (Å²) in [5.41, 5.74) is 5.47. The van der Waals surface area contributed by atoms with E-state index in [0.717, 1.165) is 12.1 Å². The van der Waals surface area contributed by atoms with E-state index in [1.165, 1.54) is 12.1 Å². The molecule has 1 rings (SSSR count). The molecule has 20 heavy (non-hydrogen) atoms. The van der Waals surface area contributed by atoms with Gasteiger partial charge in [-0.05, 0) is 25.5 Å². The van der Waals surface area contributed by atoms with Crippen molar-refractivity contribution in [1.82, 2.24) is 4.72 Å². The fraction of sp³-hybridized carbons (Fsp3) is 0.455. The highest BCUT2D eigenvalue weighted by Crippen LogP contribution is 2.29. The summed E-state index contributed by atoms with van der Waals surface area (Å²) in [6.45, 7) is 1.72. The highest BCUT2D eigenvalue weighted by molar-refractivity contribution is 7.89. The summed E-state index contributed by atoms with van der Waals surface area (Å²) in [6.07, 6.45) is -4.60. The van der Waals surface area contributed by atoms with E-state index in [1.54, 1.807) is 6.92 Å². The van der Waals surface area contributed by atoms with Gasteiger partial charge in [-0.3, -0.25) is 0 Å². The molecule has 1 atom stereocenters. The molecule has 0 radical (unpaired) electrons. The number of nitrogens with two attached hydrogens (primary N) is 1. The van der Waals surface area contributed by atoms with Gasteiger partial charge >= 0.3 is 6.36 Å². The van der Waals surface area contributed by atoms with Crippen LogP contribution in [0.5, 0.6) is 5.75 Å².